The summed E-state index contributed by atoms with van der Waals surface area (Å²) in [6.45, 7) is 2.90. The Morgan fingerprint density at radius 3 is 1.50 bits per heavy atom. The molecular weight excluding hydrogens is 676 g/mol. The first-order chi connectivity index (χ1) is 25.0. The predicted molar refractivity (Wildman–Crippen MR) is 180 cm³/mol. The maximum absolute atomic E-state index is 12.8. The van der Waals surface area contributed by atoms with Crippen LogP contribution in [0.4, 0.5) is 11.4 Å². The van der Waals surface area contributed by atoms with Gasteiger partial charge in [0, 0.05) is 68.8 Å². The Hall–Kier alpha value is -5.77. The average Bonchev–Trinajstić information content (AvgIpc) is 3.92. The molecule has 2 aromatic rings. The van der Waals surface area contributed by atoms with Gasteiger partial charge in [0.05, 0.1) is 22.3 Å². The number of aliphatic hydroxyl groups is 1. The standard InChI is InChI=1S/C18H19N3O5.C18H17N3O5/c2*22-9-10-5-6-20(8-10)11-1-2-12-13(7-11)18(26)21(17(12)25)14-3-4-15(23)19-16(14)24/h1-2,7,10,14,22H,3-6,8-9H2,(H,19,23,24);1-2,7,9-10,14H,3-6,8H2,(H,19,23,24). The van der Waals surface area contributed by atoms with Crippen LogP contribution in [0, 0.1) is 11.8 Å². The summed E-state index contributed by atoms with van der Waals surface area (Å²) in [7, 11) is 0. The van der Waals surface area contributed by atoms with Gasteiger partial charge in [-0.05, 0) is 62.1 Å². The number of nitrogens with zero attached hydrogens (tertiary/aromatic N) is 4. The van der Waals surface area contributed by atoms with Gasteiger partial charge in [-0.3, -0.25) is 58.8 Å². The van der Waals surface area contributed by atoms with Crippen molar-refractivity contribution in [1.82, 2.24) is 20.4 Å². The van der Waals surface area contributed by atoms with Crippen molar-refractivity contribution in [3.05, 3.63) is 58.7 Å². The van der Waals surface area contributed by atoms with Crippen LogP contribution in [-0.2, 0) is 24.0 Å². The third-order valence-electron chi connectivity index (χ3n) is 10.5. The lowest BCUT2D eigenvalue weighted by molar-refractivity contribution is -0.137. The zero-order valence-electron chi connectivity index (χ0n) is 28.0. The summed E-state index contributed by atoms with van der Waals surface area (Å²) < 4.78 is 0. The number of anilines is 2. The summed E-state index contributed by atoms with van der Waals surface area (Å²) in [5.74, 6) is -3.88. The molecule has 0 spiro atoms. The minimum Gasteiger partial charge on any atom is -0.396 e. The highest BCUT2D eigenvalue weighted by atomic mass is 16.3. The van der Waals surface area contributed by atoms with Crippen molar-refractivity contribution in [2.75, 3.05) is 42.6 Å². The summed E-state index contributed by atoms with van der Waals surface area (Å²) in [6, 6.07) is 8.16. The van der Waals surface area contributed by atoms with Crippen LogP contribution in [0.3, 0.4) is 0 Å². The number of aliphatic hydroxyl groups excluding tert-OH is 1. The van der Waals surface area contributed by atoms with Gasteiger partial charge in [-0.2, -0.15) is 0 Å². The zero-order chi connectivity index (χ0) is 36.8. The molecule has 270 valence electrons. The van der Waals surface area contributed by atoms with Gasteiger partial charge in [-0.1, -0.05) is 0 Å². The number of hydrogen-bond acceptors (Lipinski definition) is 12. The molecule has 4 fully saturated rings. The fourth-order valence-electron chi connectivity index (χ4n) is 7.66. The zero-order valence-corrected chi connectivity index (χ0v) is 28.0. The van der Waals surface area contributed by atoms with Crippen molar-refractivity contribution in [3.8, 4) is 0 Å². The fraction of sp³-hybridized carbons (Fsp3) is 0.417. The lowest BCUT2D eigenvalue weighted by Crippen LogP contribution is -2.54. The van der Waals surface area contributed by atoms with Crippen LogP contribution < -0.4 is 20.4 Å². The Labute approximate surface area is 297 Å². The van der Waals surface area contributed by atoms with Gasteiger partial charge < -0.3 is 19.7 Å². The van der Waals surface area contributed by atoms with E-state index >= 15 is 0 Å². The number of piperidine rings is 2. The number of imide groups is 4. The molecule has 8 amide bonds. The van der Waals surface area contributed by atoms with E-state index in [1.54, 1.807) is 36.4 Å². The third-order valence-corrected chi connectivity index (χ3v) is 10.5. The van der Waals surface area contributed by atoms with Crippen molar-refractivity contribution >= 4 is 64.9 Å². The van der Waals surface area contributed by atoms with Crippen molar-refractivity contribution < 1.29 is 48.3 Å². The Bertz CT molecular complexity index is 1950. The number of hydrogen-bond donors (Lipinski definition) is 3. The fourth-order valence-corrected chi connectivity index (χ4v) is 7.66. The van der Waals surface area contributed by atoms with Crippen LogP contribution in [0.2, 0.25) is 0 Å². The Balaban J connectivity index is 0.000000162. The number of carbonyl (C=O) groups is 9. The molecule has 4 atom stereocenters. The van der Waals surface area contributed by atoms with Crippen LogP contribution in [0.1, 0.15) is 80.0 Å². The molecule has 6 aliphatic heterocycles. The van der Waals surface area contributed by atoms with Crippen LogP contribution >= 0.6 is 0 Å². The average molecular weight is 713 g/mol. The number of fused-ring (bicyclic) bond motifs is 2. The molecule has 16 heteroatoms. The number of carbonyl (C=O) groups excluding carboxylic acids is 9. The Kier molecular flexibility index (Phi) is 9.16. The van der Waals surface area contributed by atoms with E-state index in [1.807, 2.05) is 4.90 Å². The van der Waals surface area contributed by atoms with Crippen molar-refractivity contribution in [2.45, 2.75) is 50.6 Å². The Morgan fingerprint density at radius 1 is 0.615 bits per heavy atom. The van der Waals surface area contributed by atoms with Crippen molar-refractivity contribution in [3.63, 3.8) is 0 Å². The van der Waals surface area contributed by atoms with Gasteiger partial charge in [0.25, 0.3) is 23.6 Å². The first kappa shape index (κ1) is 34.7. The molecular formula is C36H36N6O10. The number of amides is 8. The quantitative estimate of drug-likeness (QED) is 0.267. The second-order valence-corrected chi connectivity index (χ2v) is 13.8. The van der Waals surface area contributed by atoms with Crippen LogP contribution in [0.15, 0.2) is 36.4 Å². The second kappa shape index (κ2) is 13.7. The van der Waals surface area contributed by atoms with E-state index in [4.69, 9.17) is 0 Å². The van der Waals surface area contributed by atoms with Crippen molar-refractivity contribution in [2.24, 2.45) is 11.8 Å². The molecule has 2 aromatic carbocycles. The SMILES string of the molecule is O=C1CCC(N2C(=O)c3ccc(N4CCC(CO)C4)cc3C2=O)C(=O)N1.O=CC1CCN(c2ccc3c(c2)C(=O)N(C2CCC(=O)NC2=O)C3=O)C1. The highest BCUT2D eigenvalue weighted by Crippen LogP contribution is 2.34. The second-order valence-electron chi connectivity index (χ2n) is 13.8. The van der Waals surface area contributed by atoms with E-state index in [0.717, 1.165) is 46.8 Å². The van der Waals surface area contributed by atoms with Gasteiger partial charge in [0.1, 0.15) is 18.4 Å². The summed E-state index contributed by atoms with van der Waals surface area (Å²) in [5.41, 5.74) is 2.68. The molecule has 6 aliphatic rings. The van der Waals surface area contributed by atoms with E-state index in [0.29, 0.717) is 19.6 Å². The third kappa shape index (κ3) is 6.12. The van der Waals surface area contributed by atoms with Gasteiger partial charge >= 0.3 is 0 Å². The molecule has 8 rings (SSSR count). The summed E-state index contributed by atoms with van der Waals surface area (Å²) in [4.78, 5) is 115. The monoisotopic (exact) mass is 712 g/mol. The number of nitrogens with one attached hydrogen (secondary N) is 2. The molecule has 3 N–H and O–H groups in total. The summed E-state index contributed by atoms with van der Waals surface area (Å²) in [6.07, 6.45) is 3.05. The highest BCUT2D eigenvalue weighted by molar-refractivity contribution is 6.24. The summed E-state index contributed by atoms with van der Waals surface area (Å²) in [5, 5.41) is 13.7. The number of benzene rings is 2. The minimum absolute atomic E-state index is 0.0273. The smallest absolute Gasteiger partial charge is 0.262 e. The maximum Gasteiger partial charge on any atom is 0.262 e. The molecule has 0 bridgehead atoms. The summed E-state index contributed by atoms with van der Waals surface area (Å²) >= 11 is 0. The highest BCUT2D eigenvalue weighted by Gasteiger charge is 2.46. The molecule has 0 saturated carbocycles. The molecule has 4 saturated heterocycles. The number of aldehydes is 1. The number of rotatable bonds is 6. The first-order valence-corrected chi connectivity index (χ1v) is 17.3. The molecule has 52 heavy (non-hydrogen) atoms. The lowest BCUT2D eigenvalue weighted by atomic mass is 10.0. The van der Waals surface area contributed by atoms with E-state index in [1.165, 1.54) is 0 Å². The molecule has 0 aromatic heterocycles. The van der Waals surface area contributed by atoms with E-state index < -0.39 is 59.3 Å². The minimum atomic E-state index is -0.963. The van der Waals surface area contributed by atoms with Crippen LogP contribution in [0.5, 0.6) is 0 Å². The van der Waals surface area contributed by atoms with Gasteiger partial charge in [0.2, 0.25) is 23.6 Å². The molecule has 4 unspecified atom stereocenters. The van der Waals surface area contributed by atoms with Gasteiger partial charge in [-0.25, -0.2) is 0 Å². The predicted octanol–water partition coefficient (Wildman–Crippen LogP) is 0.0194. The maximum atomic E-state index is 12.8. The van der Waals surface area contributed by atoms with E-state index in [9.17, 15) is 48.3 Å². The normalized spacial score (nSPS) is 25.6. The van der Waals surface area contributed by atoms with Crippen LogP contribution in [-0.4, -0.2) is 113 Å². The molecule has 6 heterocycles. The van der Waals surface area contributed by atoms with E-state index in [2.05, 4.69) is 15.5 Å². The lowest BCUT2D eigenvalue weighted by Gasteiger charge is -2.27. The van der Waals surface area contributed by atoms with Crippen LogP contribution in [0.25, 0.3) is 0 Å². The van der Waals surface area contributed by atoms with Gasteiger partial charge in [0.15, 0.2) is 0 Å². The topological polar surface area (TPSA) is 211 Å². The van der Waals surface area contributed by atoms with Crippen molar-refractivity contribution in [1.29, 1.82) is 0 Å². The first-order valence-electron chi connectivity index (χ1n) is 17.3. The Morgan fingerprint density at radius 2 is 1.08 bits per heavy atom. The molecule has 0 radical (unpaired) electrons. The van der Waals surface area contributed by atoms with Gasteiger partial charge in [-0.15, -0.1) is 0 Å². The largest absolute Gasteiger partial charge is 0.396 e. The molecule has 0 aliphatic carbocycles. The molecule has 16 nitrogen and oxygen atoms in total. The van der Waals surface area contributed by atoms with E-state index in [-0.39, 0.29) is 66.4 Å².